The topological polar surface area (TPSA) is 67.7 Å². The number of aliphatic hydroxyl groups is 1. The predicted octanol–water partition coefficient (Wildman–Crippen LogP) is 5.46. The van der Waals surface area contributed by atoms with Crippen LogP contribution in [0.15, 0.2) is 60.7 Å². The van der Waals surface area contributed by atoms with Gasteiger partial charge in [0.05, 0.1) is 12.3 Å². The normalized spacial score (nSPS) is 17.2. The Hall–Kier alpha value is -2.38. The van der Waals surface area contributed by atoms with Crippen LogP contribution in [0.5, 0.6) is 11.6 Å². The summed E-state index contributed by atoms with van der Waals surface area (Å²) in [5, 5.41) is 18.5. The molecule has 0 aliphatic carbocycles. The number of halogens is 2. The molecule has 0 bridgehead atoms. The van der Waals surface area contributed by atoms with Gasteiger partial charge >= 0.3 is 0 Å². The third-order valence-electron chi connectivity index (χ3n) is 6.47. The number of likely N-dealkylation sites (tertiary alicyclic amines) is 1. The fraction of sp³-hybridized carbons (Fsp3) is 0.429. The molecule has 196 valence electrons. The molecule has 1 N–H and O–H groups in total. The van der Waals surface area contributed by atoms with E-state index in [0.717, 1.165) is 60.5 Å². The Morgan fingerprint density at radius 3 is 2.36 bits per heavy atom. The van der Waals surface area contributed by atoms with E-state index in [1.807, 2.05) is 36.4 Å². The Bertz CT molecular complexity index is 1040. The molecular weight excluding hydrogens is 497 g/mol. The second-order valence-corrected chi connectivity index (χ2v) is 9.18. The first-order valence-corrected chi connectivity index (χ1v) is 12.2. The second kappa shape index (κ2) is 15.0. The third kappa shape index (κ3) is 8.07. The van der Waals surface area contributed by atoms with Crippen LogP contribution in [0.25, 0.3) is 11.1 Å². The maximum Gasteiger partial charge on any atom is 0.234 e. The zero-order valence-electron chi connectivity index (χ0n) is 21.0. The molecule has 36 heavy (non-hydrogen) atoms. The Morgan fingerprint density at radius 1 is 0.944 bits per heavy atom. The second-order valence-electron chi connectivity index (χ2n) is 9.18. The number of benzene rings is 2. The molecule has 2 aromatic carbocycles. The molecule has 2 heterocycles. The number of aliphatic hydroxyl groups excluding tert-OH is 1. The molecule has 8 heteroatoms. The summed E-state index contributed by atoms with van der Waals surface area (Å²) in [6, 6.07) is 20.3. The van der Waals surface area contributed by atoms with Crippen molar-refractivity contribution in [2.45, 2.75) is 32.8 Å². The minimum atomic E-state index is 0. The molecule has 3 aromatic rings. The van der Waals surface area contributed by atoms with Crippen molar-refractivity contribution in [3.05, 3.63) is 71.9 Å². The lowest BCUT2D eigenvalue weighted by Gasteiger charge is -2.17. The fourth-order valence-corrected chi connectivity index (χ4v) is 4.48. The Balaban J connectivity index is 0.00000228. The quantitative estimate of drug-likeness (QED) is 0.353. The summed E-state index contributed by atoms with van der Waals surface area (Å²) in [4.78, 5) is 2.24. The minimum Gasteiger partial charge on any atom is -0.489 e. The van der Waals surface area contributed by atoms with Gasteiger partial charge in [-0.1, -0.05) is 55.8 Å². The molecule has 2 atom stereocenters. The molecule has 0 amide bonds. The van der Waals surface area contributed by atoms with E-state index >= 15 is 0 Å². The van der Waals surface area contributed by atoms with Crippen molar-refractivity contribution in [2.24, 2.45) is 11.8 Å². The van der Waals surface area contributed by atoms with Crippen molar-refractivity contribution in [2.75, 3.05) is 33.4 Å². The highest BCUT2D eigenvalue weighted by Gasteiger charge is 2.30. The predicted molar refractivity (Wildman–Crippen MR) is 148 cm³/mol. The molecule has 0 spiro atoms. The summed E-state index contributed by atoms with van der Waals surface area (Å²) >= 11 is 0. The zero-order chi connectivity index (χ0) is 23.8. The van der Waals surface area contributed by atoms with Gasteiger partial charge in [0, 0.05) is 43.2 Å². The molecule has 0 radical (unpaired) electrons. The SMILES string of the molecule is CCCCc1nnc(OC[C@@H]2CN(C)C[C@H]2CO)cc1-c1ccc(OCc2ccccc2)cc1.Cl.Cl. The van der Waals surface area contributed by atoms with Gasteiger partial charge in [0.1, 0.15) is 12.4 Å². The van der Waals surface area contributed by atoms with Crippen molar-refractivity contribution in [1.82, 2.24) is 15.1 Å². The Morgan fingerprint density at radius 2 is 1.67 bits per heavy atom. The summed E-state index contributed by atoms with van der Waals surface area (Å²) < 4.78 is 12.0. The standard InChI is InChI=1S/C28H35N3O3.2ClH/c1-3-4-10-27-26(15-28(30-29-27)34-20-24-17-31(2)16-23(24)18-32)22-11-13-25(14-12-22)33-19-21-8-6-5-7-9-21;;/h5-9,11-15,23-24,32H,3-4,10,16-20H2,1-2H3;2*1H/t23-,24-;;/m0../s1. The lowest BCUT2D eigenvalue weighted by Crippen LogP contribution is -2.23. The number of rotatable bonds is 11. The van der Waals surface area contributed by atoms with E-state index in [2.05, 4.69) is 53.3 Å². The van der Waals surface area contributed by atoms with E-state index in [1.54, 1.807) is 0 Å². The van der Waals surface area contributed by atoms with Gasteiger partial charge in [-0.3, -0.25) is 0 Å². The maximum atomic E-state index is 9.67. The van der Waals surface area contributed by atoms with E-state index < -0.39 is 0 Å². The number of nitrogens with zero attached hydrogens (tertiary/aromatic N) is 3. The molecule has 1 aliphatic rings. The van der Waals surface area contributed by atoms with Crippen LogP contribution in [0.3, 0.4) is 0 Å². The molecule has 0 saturated carbocycles. The largest absolute Gasteiger partial charge is 0.489 e. The highest BCUT2D eigenvalue weighted by Crippen LogP contribution is 2.29. The average molecular weight is 535 g/mol. The average Bonchev–Trinajstić information content (AvgIpc) is 3.25. The number of aromatic nitrogens is 2. The van der Waals surface area contributed by atoms with Crippen LogP contribution in [-0.2, 0) is 13.0 Å². The molecule has 6 nitrogen and oxygen atoms in total. The van der Waals surface area contributed by atoms with Crippen LogP contribution in [0.4, 0.5) is 0 Å². The smallest absolute Gasteiger partial charge is 0.234 e. The number of aryl methyl sites for hydroxylation is 1. The molecule has 1 aliphatic heterocycles. The molecule has 4 rings (SSSR count). The molecule has 1 saturated heterocycles. The Labute approximate surface area is 226 Å². The van der Waals surface area contributed by atoms with Crippen LogP contribution in [0.2, 0.25) is 0 Å². The van der Waals surface area contributed by atoms with Crippen molar-refractivity contribution in [3.8, 4) is 22.8 Å². The zero-order valence-corrected chi connectivity index (χ0v) is 22.6. The van der Waals surface area contributed by atoms with Crippen LogP contribution in [0.1, 0.15) is 31.0 Å². The summed E-state index contributed by atoms with van der Waals surface area (Å²) in [5.74, 6) is 1.90. The van der Waals surface area contributed by atoms with E-state index in [1.165, 1.54) is 0 Å². The van der Waals surface area contributed by atoms with Crippen molar-refractivity contribution < 1.29 is 14.6 Å². The first-order valence-electron chi connectivity index (χ1n) is 12.2. The molecule has 1 aromatic heterocycles. The van der Waals surface area contributed by atoms with Crippen molar-refractivity contribution in [1.29, 1.82) is 0 Å². The van der Waals surface area contributed by atoms with Crippen molar-refractivity contribution in [3.63, 3.8) is 0 Å². The lowest BCUT2D eigenvalue weighted by molar-refractivity contribution is 0.159. The van der Waals surface area contributed by atoms with E-state index in [4.69, 9.17) is 9.47 Å². The number of ether oxygens (including phenoxy) is 2. The monoisotopic (exact) mass is 533 g/mol. The first kappa shape index (κ1) is 29.8. The van der Waals surface area contributed by atoms with Gasteiger partial charge in [0.25, 0.3) is 0 Å². The van der Waals surface area contributed by atoms with E-state index in [9.17, 15) is 5.11 Å². The number of unbranched alkanes of at least 4 members (excludes halogenated alkanes) is 1. The summed E-state index contributed by atoms with van der Waals surface area (Å²) in [6.07, 6.45) is 3.04. The van der Waals surface area contributed by atoms with Gasteiger partial charge in [-0.2, -0.15) is 5.10 Å². The van der Waals surface area contributed by atoms with Gasteiger partial charge < -0.3 is 19.5 Å². The highest BCUT2D eigenvalue weighted by atomic mass is 35.5. The summed E-state index contributed by atoms with van der Waals surface area (Å²) in [5.41, 5.74) is 4.26. The van der Waals surface area contributed by atoms with Crippen LogP contribution in [0, 0.1) is 11.8 Å². The molecule has 1 fully saturated rings. The van der Waals surface area contributed by atoms with Gasteiger partial charge in [0.15, 0.2) is 0 Å². The number of hydrogen-bond donors (Lipinski definition) is 1. The van der Waals surface area contributed by atoms with E-state index in [-0.39, 0.29) is 37.3 Å². The lowest BCUT2D eigenvalue weighted by atomic mass is 9.98. The van der Waals surface area contributed by atoms with Gasteiger partial charge in [-0.05, 0) is 43.1 Å². The summed E-state index contributed by atoms with van der Waals surface area (Å²) in [6.45, 7) is 5.26. The molecular formula is C28H37Cl2N3O3. The van der Waals surface area contributed by atoms with Gasteiger partial charge in [-0.15, -0.1) is 29.9 Å². The summed E-state index contributed by atoms with van der Waals surface area (Å²) in [7, 11) is 2.08. The molecule has 0 unspecified atom stereocenters. The van der Waals surface area contributed by atoms with Gasteiger partial charge in [-0.25, -0.2) is 0 Å². The van der Waals surface area contributed by atoms with Crippen LogP contribution >= 0.6 is 24.8 Å². The third-order valence-corrected chi connectivity index (χ3v) is 6.47. The van der Waals surface area contributed by atoms with Crippen molar-refractivity contribution >= 4 is 24.8 Å². The van der Waals surface area contributed by atoms with Crippen LogP contribution < -0.4 is 9.47 Å². The van der Waals surface area contributed by atoms with E-state index in [0.29, 0.717) is 25.0 Å². The Kier molecular flexibility index (Phi) is 12.4. The maximum absolute atomic E-state index is 9.67. The number of hydrogen-bond acceptors (Lipinski definition) is 6. The van der Waals surface area contributed by atoms with Crippen LogP contribution in [-0.4, -0.2) is 53.6 Å². The first-order chi connectivity index (χ1) is 16.7. The highest BCUT2D eigenvalue weighted by molar-refractivity contribution is 5.85. The fourth-order valence-electron chi connectivity index (χ4n) is 4.48. The minimum absolute atomic E-state index is 0. The van der Waals surface area contributed by atoms with Gasteiger partial charge in [0.2, 0.25) is 5.88 Å².